The number of morpholine rings is 1. The Hall–Kier alpha value is 0.230. The van der Waals surface area contributed by atoms with Crippen LogP contribution in [0.5, 0.6) is 0 Å². The monoisotopic (exact) mass is 259 g/mol. The second-order valence-electron chi connectivity index (χ2n) is 5.73. The van der Waals surface area contributed by atoms with Crippen LogP contribution in [0.2, 0.25) is 0 Å². The lowest BCUT2D eigenvalue weighted by atomic mass is 9.86. The highest BCUT2D eigenvalue weighted by atomic mass is 32.2. The van der Waals surface area contributed by atoms with Crippen LogP contribution in [0.15, 0.2) is 0 Å². The van der Waals surface area contributed by atoms with E-state index in [0.29, 0.717) is 6.04 Å². The third-order valence-electron chi connectivity index (χ3n) is 4.12. The third kappa shape index (κ3) is 3.16. The minimum atomic E-state index is -0.0218. The largest absolute Gasteiger partial charge is 0.379 e. The molecule has 100 valence electrons. The number of ether oxygens (including phenoxy) is 2. The minimum absolute atomic E-state index is 0.0218. The van der Waals surface area contributed by atoms with Crippen molar-refractivity contribution >= 4 is 11.8 Å². The summed E-state index contributed by atoms with van der Waals surface area (Å²) >= 11 is 2.03. The average Bonchev–Trinajstić information content (AvgIpc) is 2.77. The number of nitrogens with one attached hydrogen (secondary N) is 1. The Bertz CT molecular complexity index is 252. The summed E-state index contributed by atoms with van der Waals surface area (Å²) < 4.78 is 11.6. The molecule has 2 fully saturated rings. The van der Waals surface area contributed by atoms with E-state index in [1.165, 1.54) is 12.2 Å². The van der Waals surface area contributed by atoms with E-state index in [4.69, 9.17) is 9.47 Å². The van der Waals surface area contributed by atoms with Crippen LogP contribution < -0.4 is 5.32 Å². The lowest BCUT2D eigenvalue weighted by Gasteiger charge is -2.42. The summed E-state index contributed by atoms with van der Waals surface area (Å²) in [5.74, 6) is 2.39. The first-order chi connectivity index (χ1) is 8.08. The van der Waals surface area contributed by atoms with Crippen LogP contribution in [0.4, 0.5) is 0 Å². The molecule has 0 radical (unpaired) electrons. The molecule has 0 aromatic rings. The molecule has 2 atom stereocenters. The predicted molar refractivity (Wildman–Crippen MR) is 72.7 cm³/mol. The van der Waals surface area contributed by atoms with Crippen molar-refractivity contribution in [3.8, 4) is 0 Å². The molecular weight excluding hydrogens is 234 g/mol. The maximum atomic E-state index is 6.11. The zero-order chi connectivity index (χ0) is 12.4. The predicted octanol–water partition coefficient (Wildman–Crippen LogP) is 2.06. The Balaban J connectivity index is 1.93. The summed E-state index contributed by atoms with van der Waals surface area (Å²) in [6.07, 6.45) is 3.42. The molecular formula is C13H25NO2S. The molecule has 4 heteroatoms. The van der Waals surface area contributed by atoms with Gasteiger partial charge < -0.3 is 14.8 Å². The summed E-state index contributed by atoms with van der Waals surface area (Å²) in [7, 11) is 1.80. The van der Waals surface area contributed by atoms with Gasteiger partial charge in [0.1, 0.15) is 0 Å². The molecule has 2 saturated heterocycles. The summed E-state index contributed by atoms with van der Waals surface area (Å²) in [5.41, 5.74) is 0.0821. The van der Waals surface area contributed by atoms with Crippen LogP contribution in [0.3, 0.4) is 0 Å². The van der Waals surface area contributed by atoms with Gasteiger partial charge in [-0.1, -0.05) is 0 Å². The van der Waals surface area contributed by atoms with E-state index >= 15 is 0 Å². The third-order valence-corrected chi connectivity index (χ3v) is 5.31. The standard InChI is InChI=1S/C13H25NO2S/c1-12(2,15-3)5-4-11-13(6-9-17-10-13)16-8-7-14-11/h11,14H,4-10H2,1-3H3. The van der Waals surface area contributed by atoms with Crippen LogP contribution in [0.25, 0.3) is 0 Å². The van der Waals surface area contributed by atoms with Crippen molar-refractivity contribution in [2.45, 2.75) is 50.4 Å². The second kappa shape index (κ2) is 5.47. The van der Waals surface area contributed by atoms with E-state index in [9.17, 15) is 0 Å². The van der Waals surface area contributed by atoms with Crippen molar-refractivity contribution in [1.29, 1.82) is 0 Å². The molecule has 2 aliphatic rings. The molecule has 17 heavy (non-hydrogen) atoms. The summed E-state index contributed by atoms with van der Waals surface area (Å²) in [6, 6.07) is 0.501. The fraction of sp³-hybridized carbons (Fsp3) is 1.00. The van der Waals surface area contributed by atoms with Crippen LogP contribution in [-0.2, 0) is 9.47 Å². The molecule has 0 aliphatic carbocycles. The number of methoxy groups -OCH3 is 1. The van der Waals surface area contributed by atoms with Crippen LogP contribution in [-0.4, -0.2) is 49.0 Å². The summed E-state index contributed by atoms with van der Waals surface area (Å²) in [6.45, 7) is 6.18. The van der Waals surface area contributed by atoms with Gasteiger partial charge in [0.2, 0.25) is 0 Å². The van der Waals surface area contributed by atoms with E-state index in [1.807, 2.05) is 11.8 Å². The Labute approximate surface area is 109 Å². The van der Waals surface area contributed by atoms with E-state index in [-0.39, 0.29) is 11.2 Å². The van der Waals surface area contributed by atoms with E-state index in [2.05, 4.69) is 19.2 Å². The first kappa shape index (κ1) is 13.7. The van der Waals surface area contributed by atoms with Crippen molar-refractivity contribution in [3.63, 3.8) is 0 Å². The van der Waals surface area contributed by atoms with E-state index < -0.39 is 0 Å². The van der Waals surface area contributed by atoms with Crippen LogP contribution in [0, 0.1) is 0 Å². The Kier molecular flexibility index (Phi) is 4.40. The first-order valence-corrected chi connectivity index (χ1v) is 7.74. The Morgan fingerprint density at radius 3 is 3.00 bits per heavy atom. The molecule has 2 heterocycles. The van der Waals surface area contributed by atoms with E-state index in [1.54, 1.807) is 7.11 Å². The number of hydrogen-bond acceptors (Lipinski definition) is 4. The Morgan fingerprint density at radius 2 is 2.35 bits per heavy atom. The quantitative estimate of drug-likeness (QED) is 0.837. The maximum absolute atomic E-state index is 6.11. The van der Waals surface area contributed by atoms with E-state index in [0.717, 1.165) is 31.7 Å². The first-order valence-electron chi connectivity index (χ1n) is 6.58. The second-order valence-corrected chi connectivity index (χ2v) is 6.83. The molecule has 0 aromatic carbocycles. The Morgan fingerprint density at radius 1 is 1.53 bits per heavy atom. The molecule has 0 aromatic heterocycles. The number of thioether (sulfide) groups is 1. The van der Waals surface area contributed by atoms with Gasteiger partial charge in [0.15, 0.2) is 0 Å². The van der Waals surface area contributed by atoms with Gasteiger partial charge in [0, 0.05) is 25.4 Å². The highest BCUT2D eigenvalue weighted by molar-refractivity contribution is 7.99. The van der Waals surface area contributed by atoms with Gasteiger partial charge in [-0.3, -0.25) is 0 Å². The topological polar surface area (TPSA) is 30.5 Å². The average molecular weight is 259 g/mol. The lowest BCUT2D eigenvalue weighted by Crippen LogP contribution is -2.58. The van der Waals surface area contributed by atoms with Crippen molar-refractivity contribution < 1.29 is 9.47 Å². The molecule has 0 saturated carbocycles. The smallest absolute Gasteiger partial charge is 0.0932 e. The van der Waals surface area contributed by atoms with Gasteiger partial charge in [0.25, 0.3) is 0 Å². The minimum Gasteiger partial charge on any atom is -0.379 e. The number of rotatable bonds is 4. The van der Waals surface area contributed by atoms with Gasteiger partial charge in [0.05, 0.1) is 17.8 Å². The van der Waals surface area contributed by atoms with Crippen molar-refractivity contribution in [3.05, 3.63) is 0 Å². The molecule has 3 nitrogen and oxygen atoms in total. The van der Waals surface area contributed by atoms with Crippen molar-refractivity contribution in [1.82, 2.24) is 5.32 Å². The van der Waals surface area contributed by atoms with Crippen molar-refractivity contribution in [2.75, 3.05) is 31.8 Å². The van der Waals surface area contributed by atoms with Gasteiger partial charge in [-0.15, -0.1) is 0 Å². The highest BCUT2D eigenvalue weighted by Crippen LogP contribution is 2.38. The lowest BCUT2D eigenvalue weighted by molar-refractivity contribution is -0.0859. The molecule has 0 bridgehead atoms. The molecule has 0 amide bonds. The van der Waals surface area contributed by atoms with Gasteiger partial charge >= 0.3 is 0 Å². The molecule has 2 unspecified atom stereocenters. The number of hydrogen-bond donors (Lipinski definition) is 1. The van der Waals surface area contributed by atoms with Crippen LogP contribution >= 0.6 is 11.8 Å². The maximum Gasteiger partial charge on any atom is 0.0932 e. The van der Waals surface area contributed by atoms with Gasteiger partial charge in [-0.2, -0.15) is 11.8 Å². The van der Waals surface area contributed by atoms with Crippen LogP contribution in [0.1, 0.15) is 33.1 Å². The summed E-state index contributed by atoms with van der Waals surface area (Å²) in [5, 5.41) is 3.65. The fourth-order valence-corrected chi connectivity index (χ4v) is 4.09. The van der Waals surface area contributed by atoms with Gasteiger partial charge in [-0.25, -0.2) is 0 Å². The normalized spacial score (nSPS) is 34.4. The zero-order valence-electron chi connectivity index (χ0n) is 11.3. The van der Waals surface area contributed by atoms with Crippen molar-refractivity contribution in [2.24, 2.45) is 0 Å². The summed E-state index contributed by atoms with van der Waals surface area (Å²) in [4.78, 5) is 0. The highest BCUT2D eigenvalue weighted by Gasteiger charge is 2.44. The molecule has 2 rings (SSSR count). The van der Waals surface area contributed by atoms with Gasteiger partial charge in [-0.05, 0) is 38.9 Å². The zero-order valence-corrected chi connectivity index (χ0v) is 12.1. The SMILES string of the molecule is COC(C)(C)CCC1NCCOC12CCSC2. The fourth-order valence-electron chi connectivity index (χ4n) is 2.68. The molecule has 2 aliphatic heterocycles. The molecule has 1 N–H and O–H groups in total. The molecule has 1 spiro atoms.